The predicted octanol–water partition coefficient (Wildman–Crippen LogP) is 1.46. The maximum atomic E-state index is 11.5. The molecule has 0 saturated carbocycles. The number of hydrogen-bond acceptors (Lipinski definition) is 4. The molecular formula is C11H12O4. The summed E-state index contributed by atoms with van der Waals surface area (Å²) in [4.78, 5) is 11.5. The lowest BCUT2D eigenvalue weighted by molar-refractivity contribution is -0.127. The highest BCUT2D eigenvalue weighted by molar-refractivity contribution is 5.93. The molecule has 0 saturated heterocycles. The average molecular weight is 208 g/mol. The van der Waals surface area contributed by atoms with Crippen LogP contribution in [-0.2, 0) is 11.3 Å². The number of ether oxygens (including phenoxy) is 2. The average Bonchev–Trinajstić information content (AvgIpc) is 2.14. The second kappa shape index (κ2) is 3.24. The standard InChI is InChI=1S/C11H12O4/c1-11(2)14-9-5-7(6-12)3-4-8(9)10(13)15-11/h3-5,12H,6H2,1-2H3. The van der Waals surface area contributed by atoms with E-state index in [-0.39, 0.29) is 6.61 Å². The van der Waals surface area contributed by atoms with E-state index in [0.29, 0.717) is 16.9 Å². The highest BCUT2D eigenvalue weighted by Gasteiger charge is 2.33. The molecule has 0 amide bonds. The lowest BCUT2D eigenvalue weighted by atomic mass is 10.1. The minimum absolute atomic E-state index is 0.0773. The van der Waals surface area contributed by atoms with Crippen LogP contribution >= 0.6 is 0 Å². The number of fused-ring (bicyclic) bond motifs is 1. The molecule has 2 rings (SSSR count). The molecule has 0 atom stereocenters. The molecule has 4 heteroatoms. The minimum Gasteiger partial charge on any atom is -0.452 e. The molecule has 0 unspecified atom stereocenters. The monoisotopic (exact) mass is 208 g/mol. The van der Waals surface area contributed by atoms with Crippen LogP contribution in [0.2, 0.25) is 0 Å². The summed E-state index contributed by atoms with van der Waals surface area (Å²) in [6, 6.07) is 4.91. The first-order valence-corrected chi connectivity index (χ1v) is 4.68. The number of esters is 1. The molecule has 1 heterocycles. The van der Waals surface area contributed by atoms with Gasteiger partial charge in [0.05, 0.1) is 6.61 Å². The summed E-state index contributed by atoms with van der Waals surface area (Å²) < 4.78 is 10.5. The smallest absolute Gasteiger partial charge is 0.345 e. The maximum absolute atomic E-state index is 11.5. The van der Waals surface area contributed by atoms with E-state index in [4.69, 9.17) is 14.6 Å². The normalized spacial score (nSPS) is 17.7. The Kier molecular flexibility index (Phi) is 2.16. The molecule has 1 N–H and O–H groups in total. The second-order valence-corrected chi connectivity index (χ2v) is 3.88. The topological polar surface area (TPSA) is 55.8 Å². The zero-order valence-corrected chi connectivity index (χ0v) is 8.61. The van der Waals surface area contributed by atoms with Gasteiger partial charge in [-0.2, -0.15) is 0 Å². The SMILES string of the molecule is CC1(C)OC(=O)c2ccc(CO)cc2O1. The Bertz CT molecular complexity index is 409. The van der Waals surface area contributed by atoms with Gasteiger partial charge in [-0.3, -0.25) is 0 Å². The summed E-state index contributed by atoms with van der Waals surface area (Å²) in [7, 11) is 0. The van der Waals surface area contributed by atoms with Crippen LogP contribution in [0, 0.1) is 0 Å². The second-order valence-electron chi connectivity index (χ2n) is 3.88. The zero-order valence-electron chi connectivity index (χ0n) is 8.61. The molecule has 80 valence electrons. The minimum atomic E-state index is -0.946. The van der Waals surface area contributed by atoms with Gasteiger partial charge in [0.2, 0.25) is 5.79 Å². The van der Waals surface area contributed by atoms with Crippen molar-refractivity contribution in [2.24, 2.45) is 0 Å². The van der Waals surface area contributed by atoms with Crippen molar-refractivity contribution in [3.05, 3.63) is 29.3 Å². The maximum Gasteiger partial charge on any atom is 0.345 e. The Balaban J connectivity index is 2.46. The highest BCUT2D eigenvalue weighted by Crippen LogP contribution is 2.31. The number of hydrogen-bond donors (Lipinski definition) is 1. The molecule has 1 aliphatic heterocycles. The van der Waals surface area contributed by atoms with E-state index >= 15 is 0 Å². The molecule has 0 spiro atoms. The fourth-order valence-corrected chi connectivity index (χ4v) is 1.48. The van der Waals surface area contributed by atoms with Gasteiger partial charge in [-0.15, -0.1) is 0 Å². The van der Waals surface area contributed by atoms with Crippen LogP contribution in [0.1, 0.15) is 29.8 Å². The summed E-state index contributed by atoms with van der Waals surface area (Å²) in [5.41, 5.74) is 1.10. The zero-order chi connectivity index (χ0) is 11.1. The Morgan fingerprint density at radius 3 is 2.73 bits per heavy atom. The number of cyclic esters (lactones) is 1. The summed E-state index contributed by atoms with van der Waals surface area (Å²) in [5, 5.41) is 8.96. The molecule has 4 nitrogen and oxygen atoms in total. The summed E-state index contributed by atoms with van der Waals surface area (Å²) in [6.45, 7) is 3.25. The lowest BCUT2D eigenvalue weighted by Crippen LogP contribution is -2.38. The van der Waals surface area contributed by atoms with Gasteiger partial charge in [0, 0.05) is 13.8 Å². The molecule has 0 bridgehead atoms. The van der Waals surface area contributed by atoms with Gasteiger partial charge in [-0.05, 0) is 17.7 Å². The molecule has 1 aromatic rings. The Morgan fingerprint density at radius 1 is 1.33 bits per heavy atom. The van der Waals surface area contributed by atoms with Crippen LogP contribution in [0.3, 0.4) is 0 Å². The number of benzene rings is 1. The van der Waals surface area contributed by atoms with Crippen molar-refractivity contribution >= 4 is 5.97 Å². The number of carbonyl (C=O) groups is 1. The van der Waals surface area contributed by atoms with Crippen LogP contribution in [0.5, 0.6) is 5.75 Å². The highest BCUT2D eigenvalue weighted by atomic mass is 16.7. The van der Waals surface area contributed by atoms with E-state index < -0.39 is 11.8 Å². The van der Waals surface area contributed by atoms with Crippen molar-refractivity contribution in [3.63, 3.8) is 0 Å². The van der Waals surface area contributed by atoms with Crippen LogP contribution in [0.25, 0.3) is 0 Å². The van der Waals surface area contributed by atoms with E-state index in [1.165, 1.54) is 0 Å². The van der Waals surface area contributed by atoms with Crippen molar-refractivity contribution in [3.8, 4) is 5.75 Å². The third kappa shape index (κ3) is 1.80. The summed E-state index contributed by atoms with van der Waals surface area (Å²) in [6.07, 6.45) is 0. The Hall–Kier alpha value is -1.55. The molecule has 1 aromatic carbocycles. The number of aliphatic hydroxyl groups is 1. The first kappa shape index (κ1) is 9.98. The molecule has 0 aromatic heterocycles. The lowest BCUT2D eigenvalue weighted by Gasteiger charge is -2.31. The van der Waals surface area contributed by atoms with Crippen molar-refractivity contribution in [1.29, 1.82) is 0 Å². The first-order chi connectivity index (χ1) is 7.02. The molecular weight excluding hydrogens is 196 g/mol. The van der Waals surface area contributed by atoms with E-state index in [1.54, 1.807) is 32.0 Å². The van der Waals surface area contributed by atoms with E-state index in [9.17, 15) is 4.79 Å². The summed E-state index contributed by atoms with van der Waals surface area (Å²) in [5.74, 6) is -0.883. The third-order valence-electron chi connectivity index (χ3n) is 2.14. The van der Waals surface area contributed by atoms with E-state index in [0.717, 1.165) is 0 Å². The van der Waals surface area contributed by atoms with Crippen LogP contribution in [-0.4, -0.2) is 16.9 Å². The van der Waals surface area contributed by atoms with Gasteiger partial charge in [-0.25, -0.2) is 4.79 Å². The van der Waals surface area contributed by atoms with Gasteiger partial charge in [-0.1, -0.05) is 6.07 Å². The van der Waals surface area contributed by atoms with Crippen LogP contribution in [0.15, 0.2) is 18.2 Å². The molecule has 0 fully saturated rings. The fourth-order valence-electron chi connectivity index (χ4n) is 1.48. The van der Waals surface area contributed by atoms with Crippen molar-refractivity contribution in [1.82, 2.24) is 0 Å². The van der Waals surface area contributed by atoms with Crippen molar-refractivity contribution < 1.29 is 19.4 Å². The van der Waals surface area contributed by atoms with Gasteiger partial charge < -0.3 is 14.6 Å². The van der Waals surface area contributed by atoms with Crippen molar-refractivity contribution in [2.75, 3.05) is 0 Å². The van der Waals surface area contributed by atoms with E-state index in [2.05, 4.69) is 0 Å². The van der Waals surface area contributed by atoms with Crippen LogP contribution < -0.4 is 4.74 Å². The largest absolute Gasteiger partial charge is 0.452 e. The first-order valence-electron chi connectivity index (χ1n) is 4.68. The summed E-state index contributed by atoms with van der Waals surface area (Å²) >= 11 is 0. The Labute approximate surface area is 87.4 Å². The van der Waals surface area contributed by atoms with Crippen molar-refractivity contribution in [2.45, 2.75) is 26.2 Å². The molecule has 0 aliphatic carbocycles. The predicted molar refractivity (Wildman–Crippen MR) is 52.5 cm³/mol. The fraction of sp³-hybridized carbons (Fsp3) is 0.364. The molecule has 0 radical (unpaired) electrons. The van der Waals surface area contributed by atoms with E-state index in [1.807, 2.05) is 0 Å². The molecule has 1 aliphatic rings. The number of aliphatic hydroxyl groups excluding tert-OH is 1. The quantitative estimate of drug-likeness (QED) is 0.710. The van der Waals surface area contributed by atoms with Gasteiger partial charge in [0.25, 0.3) is 0 Å². The molecule has 15 heavy (non-hydrogen) atoms. The number of rotatable bonds is 1. The van der Waals surface area contributed by atoms with Gasteiger partial charge in [0.1, 0.15) is 11.3 Å². The van der Waals surface area contributed by atoms with Crippen LogP contribution in [0.4, 0.5) is 0 Å². The number of carbonyl (C=O) groups excluding carboxylic acids is 1. The van der Waals surface area contributed by atoms with Gasteiger partial charge in [0.15, 0.2) is 0 Å². The Morgan fingerprint density at radius 2 is 2.07 bits per heavy atom. The van der Waals surface area contributed by atoms with Gasteiger partial charge >= 0.3 is 5.97 Å². The third-order valence-corrected chi connectivity index (χ3v) is 2.14.